The van der Waals surface area contributed by atoms with Crippen molar-refractivity contribution in [1.29, 1.82) is 0 Å². The highest BCUT2D eigenvalue weighted by molar-refractivity contribution is 4.97. The van der Waals surface area contributed by atoms with Gasteiger partial charge < -0.3 is 0 Å². The van der Waals surface area contributed by atoms with Crippen LogP contribution in [0.15, 0.2) is 24.3 Å². The molecule has 0 spiro atoms. The Morgan fingerprint density at radius 3 is 3.40 bits per heavy atom. The maximum Gasteiger partial charge on any atom is 0.0586 e. The lowest BCUT2D eigenvalue weighted by molar-refractivity contribution is 0.324. The Labute approximate surface area is 70.1 Å². The summed E-state index contributed by atoms with van der Waals surface area (Å²) in [6.07, 6.45) is -1.06. The average Bonchev–Trinajstić information content (AvgIpc) is 2.18. The van der Waals surface area contributed by atoms with Crippen LogP contribution in [0.5, 0.6) is 0 Å². The zero-order chi connectivity index (χ0) is 11.7. The summed E-state index contributed by atoms with van der Waals surface area (Å²) in [5, 5.41) is 0. The predicted octanol–water partition coefficient (Wildman–Crippen LogP) is 1.82. The molecule has 1 aliphatic heterocycles. The van der Waals surface area contributed by atoms with E-state index in [0.29, 0.717) is 6.54 Å². The van der Waals surface area contributed by atoms with E-state index >= 15 is 0 Å². The minimum Gasteiger partial charge on any atom is -0.295 e. The van der Waals surface area contributed by atoms with Gasteiger partial charge in [0.1, 0.15) is 0 Å². The molecular weight excluding hydrogens is 122 g/mol. The van der Waals surface area contributed by atoms with E-state index < -0.39 is 19.4 Å². The van der Waals surface area contributed by atoms with Gasteiger partial charge in [-0.25, -0.2) is 0 Å². The molecule has 0 bridgehead atoms. The summed E-state index contributed by atoms with van der Waals surface area (Å²) in [4.78, 5) is 1.40. The van der Waals surface area contributed by atoms with Gasteiger partial charge in [0.2, 0.25) is 0 Å². The molecule has 0 aromatic heterocycles. The third-order valence-corrected chi connectivity index (χ3v) is 1.12. The quantitative estimate of drug-likeness (QED) is 0.532. The van der Waals surface area contributed by atoms with Crippen molar-refractivity contribution in [2.45, 2.75) is 13.3 Å². The second-order valence-corrected chi connectivity index (χ2v) is 2.36. The zero-order valence-corrected chi connectivity index (χ0v) is 6.09. The van der Waals surface area contributed by atoms with E-state index in [-0.39, 0.29) is 12.1 Å². The van der Waals surface area contributed by atoms with E-state index in [1.165, 1.54) is 4.90 Å². The van der Waals surface area contributed by atoms with Crippen LogP contribution >= 0.6 is 0 Å². The van der Waals surface area contributed by atoms with Gasteiger partial charge in [0.15, 0.2) is 0 Å². The van der Waals surface area contributed by atoms with Gasteiger partial charge in [0, 0.05) is 23.7 Å². The fraction of sp³-hybridized carbons (Fsp3) is 0.556. The second kappa shape index (κ2) is 3.57. The molecule has 3 unspecified atom stereocenters. The van der Waals surface area contributed by atoms with Crippen molar-refractivity contribution in [3.63, 3.8) is 0 Å². The van der Waals surface area contributed by atoms with E-state index in [1.807, 2.05) is 0 Å². The Hall–Kier alpha value is -0.560. The van der Waals surface area contributed by atoms with Gasteiger partial charge in [-0.05, 0) is 13.3 Å². The van der Waals surface area contributed by atoms with Crippen molar-refractivity contribution in [3.05, 3.63) is 24.3 Å². The SMILES string of the molecule is [2H]C1=C([2H])C([2H])N(CC(=C)C)C([2H])C1[2H]. The Morgan fingerprint density at radius 1 is 1.90 bits per heavy atom. The molecule has 1 heteroatoms. The summed E-state index contributed by atoms with van der Waals surface area (Å²) < 4.78 is 37.9. The molecule has 0 radical (unpaired) electrons. The summed E-state index contributed by atoms with van der Waals surface area (Å²) in [7, 11) is 0. The Kier molecular flexibility index (Phi) is 1.15. The topological polar surface area (TPSA) is 3.24 Å². The van der Waals surface area contributed by atoms with Crippen molar-refractivity contribution < 1.29 is 6.85 Å². The average molecular weight is 142 g/mol. The molecule has 1 rings (SSSR count). The van der Waals surface area contributed by atoms with Crippen molar-refractivity contribution in [1.82, 2.24) is 4.90 Å². The zero-order valence-electron chi connectivity index (χ0n) is 11.1. The number of hydrogen-bond acceptors (Lipinski definition) is 1. The van der Waals surface area contributed by atoms with Gasteiger partial charge in [0.25, 0.3) is 0 Å². The first kappa shape index (κ1) is 3.22. The van der Waals surface area contributed by atoms with Crippen LogP contribution in [0.25, 0.3) is 0 Å². The second-order valence-electron chi connectivity index (χ2n) is 2.36. The monoisotopic (exact) mass is 142 g/mol. The minimum atomic E-state index is -1.06. The summed E-state index contributed by atoms with van der Waals surface area (Å²) in [6.45, 7) is 3.83. The molecule has 0 saturated heterocycles. The highest BCUT2D eigenvalue weighted by Crippen LogP contribution is 2.02. The van der Waals surface area contributed by atoms with Gasteiger partial charge >= 0.3 is 0 Å². The summed E-state index contributed by atoms with van der Waals surface area (Å²) in [6, 6.07) is -0.396. The molecule has 3 atom stereocenters. The molecule has 0 saturated carbocycles. The van der Waals surface area contributed by atoms with Crippen LogP contribution in [0.1, 0.15) is 20.2 Å². The van der Waals surface area contributed by atoms with E-state index in [4.69, 9.17) is 6.85 Å². The van der Waals surface area contributed by atoms with Gasteiger partial charge in [-0.3, -0.25) is 4.90 Å². The summed E-state index contributed by atoms with van der Waals surface area (Å²) in [5.74, 6) is 0. The maximum atomic E-state index is 7.72. The smallest absolute Gasteiger partial charge is 0.0586 e. The van der Waals surface area contributed by atoms with Crippen LogP contribution in [-0.4, -0.2) is 24.5 Å². The fourth-order valence-corrected chi connectivity index (χ4v) is 0.754. The van der Waals surface area contributed by atoms with Crippen molar-refractivity contribution in [2.75, 3.05) is 19.6 Å². The lowest BCUT2D eigenvalue weighted by Crippen LogP contribution is -2.28. The minimum absolute atomic E-state index is 0.181. The van der Waals surface area contributed by atoms with E-state index in [0.717, 1.165) is 5.57 Å². The van der Waals surface area contributed by atoms with Crippen molar-refractivity contribution in [3.8, 4) is 0 Å². The van der Waals surface area contributed by atoms with Crippen LogP contribution in [-0.2, 0) is 0 Å². The molecule has 0 aromatic rings. The van der Waals surface area contributed by atoms with Crippen LogP contribution in [0.3, 0.4) is 0 Å². The Morgan fingerprint density at radius 2 is 2.70 bits per heavy atom. The number of nitrogens with zero attached hydrogens (tertiary/aromatic N) is 1. The molecule has 56 valence electrons. The molecule has 0 amide bonds. The molecule has 0 N–H and O–H groups in total. The van der Waals surface area contributed by atoms with Crippen molar-refractivity contribution in [2.24, 2.45) is 0 Å². The third-order valence-electron chi connectivity index (χ3n) is 1.12. The molecule has 0 aromatic carbocycles. The van der Waals surface area contributed by atoms with Crippen LogP contribution in [0.4, 0.5) is 0 Å². The molecule has 1 aliphatic rings. The molecule has 1 nitrogen and oxygen atoms in total. The third kappa shape index (κ3) is 2.36. The van der Waals surface area contributed by atoms with Crippen molar-refractivity contribution >= 4 is 0 Å². The van der Waals surface area contributed by atoms with Crippen LogP contribution in [0, 0.1) is 0 Å². The fourth-order valence-electron chi connectivity index (χ4n) is 0.754. The van der Waals surface area contributed by atoms with E-state index in [9.17, 15) is 0 Å². The predicted molar refractivity (Wildman–Crippen MR) is 45.0 cm³/mol. The highest BCUT2D eigenvalue weighted by Gasteiger charge is 2.03. The standard InChI is InChI=1S/C9H15N/c1-9(2)8-10-6-4-3-5-7-10/h3-4H,1,5-8H2,2H3/i3D,4D,5D,6D,7D. The molecule has 0 aliphatic carbocycles. The largest absolute Gasteiger partial charge is 0.295 e. The lowest BCUT2D eigenvalue weighted by atomic mass is 10.2. The highest BCUT2D eigenvalue weighted by atomic mass is 15.1. The first-order valence-corrected chi connectivity index (χ1v) is 3.20. The molecule has 10 heavy (non-hydrogen) atoms. The lowest BCUT2D eigenvalue weighted by Gasteiger charge is -2.22. The van der Waals surface area contributed by atoms with Gasteiger partial charge in [0.05, 0.1) is 2.74 Å². The molecular formula is C9H15N. The normalized spacial score (nSPS) is 50.5. The molecule has 1 heterocycles. The van der Waals surface area contributed by atoms with E-state index in [1.54, 1.807) is 6.92 Å². The summed E-state index contributed by atoms with van der Waals surface area (Å²) in [5.41, 5.74) is 0.790. The maximum absolute atomic E-state index is 7.72. The Bertz CT molecular complexity index is 301. The van der Waals surface area contributed by atoms with E-state index in [2.05, 4.69) is 6.58 Å². The van der Waals surface area contributed by atoms with Gasteiger partial charge in [-0.15, -0.1) is 0 Å². The first-order valence-electron chi connectivity index (χ1n) is 5.93. The Balaban J connectivity index is 2.96. The summed E-state index contributed by atoms with van der Waals surface area (Å²) >= 11 is 0. The van der Waals surface area contributed by atoms with Gasteiger partial charge in [-0.2, -0.15) is 0 Å². The van der Waals surface area contributed by atoms with Crippen LogP contribution < -0.4 is 0 Å². The van der Waals surface area contributed by atoms with Gasteiger partial charge in [-0.1, -0.05) is 24.3 Å². The molecule has 0 fully saturated rings. The number of rotatable bonds is 2. The van der Waals surface area contributed by atoms with Crippen LogP contribution in [0.2, 0.25) is 0 Å². The number of hydrogen-bond donors (Lipinski definition) is 0. The first-order chi connectivity index (χ1) is 6.86.